The summed E-state index contributed by atoms with van der Waals surface area (Å²) in [5.74, 6) is 0. The van der Waals surface area contributed by atoms with Gasteiger partial charge in [0.2, 0.25) is 0 Å². The topological polar surface area (TPSA) is 0 Å². The van der Waals surface area contributed by atoms with Crippen molar-refractivity contribution in [3.8, 4) is 11.1 Å². The summed E-state index contributed by atoms with van der Waals surface area (Å²) in [6, 6.07) is 31.2. The van der Waals surface area contributed by atoms with Crippen molar-refractivity contribution in [1.29, 1.82) is 0 Å². The summed E-state index contributed by atoms with van der Waals surface area (Å²) in [6.07, 6.45) is 9.25. The smallest absolute Gasteiger partial charge is 0.147 e. The van der Waals surface area contributed by atoms with Crippen molar-refractivity contribution in [1.82, 2.24) is 0 Å². The van der Waals surface area contributed by atoms with E-state index in [4.69, 9.17) is 0 Å². The first-order valence-electron chi connectivity index (χ1n) is 15.5. The van der Waals surface area contributed by atoms with Gasteiger partial charge in [-0.25, -0.2) is 0 Å². The van der Waals surface area contributed by atoms with Crippen molar-refractivity contribution in [2.75, 3.05) is 0 Å². The maximum absolute atomic E-state index is 2.69. The number of benzene rings is 4. The van der Waals surface area contributed by atoms with Crippen LogP contribution < -0.4 is 3.27 Å². The van der Waals surface area contributed by atoms with Gasteiger partial charge < -0.3 is 0 Å². The van der Waals surface area contributed by atoms with E-state index in [2.05, 4.69) is 152 Å². The maximum Gasteiger partial charge on any atom is -0.147 e. The average molecular weight is 701 g/mol. The van der Waals surface area contributed by atoms with Crippen molar-refractivity contribution in [2.24, 2.45) is 0 Å². The molecule has 0 unspecified atom stereocenters. The largest absolute Gasteiger partial charge is 0.147 e. The van der Waals surface area contributed by atoms with Gasteiger partial charge in [0.25, 0.3) is 0 Å². The number of rotatable bonds is 4. The van der Waals surface area contributed by atoms with Crippen molar-refractivity contribution in [2.45, 2.75) is 79.1 Å². The minimum Gasteiger partial charge on any atom is -0.147 e. The van der Waals surface area contributed by atoms with Gasteiger partial charge in [-0.3, -0.25) is 0 Å². The molecule has 0 amide bonds. The Bertz CT molecular complexity index is 1720. The zero-order valence-corrected chi connectivity index (χ0v) is 31.6. The molecule has 0 fully saturated rings. The standard InChI is InChI=1S/C21H25.C15H14.C5H5.2ClH.Zr/c1-20(2,3)16-9-7-14-11-15-8-10-17(21(4,5)6)13-19(15)18(14)12-16;1-12-3-7-14(8-4-12)11-15-9-5-13(2)6-10-15;1-2-4-5-3-1;;;/h7,9-10,12-13H,11H2,1-6H3;3-10H,1-2H3;1-3H,4H2;2*1H;. The Morgan fingerprint density at radius 2 is 1.18 bits per heavy atom. The summed E-state index contributed by atoms with van der Waals surface area (Å²) in [4.78, 5) is 0. The molecule has 0 spiro atoms. The first-order chi connectivity index (χ1) is 19.9. The first-order valence-corrected chi connectivity index (χ1v) is 19.1. The summed E-state index contributed by atoms with van der Waals surface area (Å²) < 4.78 is 4.94. The van der Waals surface area contributed by atoms with E-state index in [0.717, 1.165) is 12.8 Å². The molecule has 2 aliphatic carbocycles. The molecule has 0 heterocycles. The molecule has 4 aromatic carbocycles. The average Bonchev–Trinajstić information content (AvgIpc) is 3.60. The molecule has 44 heavy (non-hydrogen) atoms. The Hall–Kier alpha value is -2.31. The van der Waals surface area contributed by atoms with E-state index in [1.54, 1.807) is 15.3 Å². The van der Waals surface area contributed by atoms with Gasteiger partial charge in [0.1, 0.15) is 0 Å². The number of fused-ring (bicyclic) bond motifs is 3. The van der Waals surface area contributed by atoms with Crippen LogP contribution in [0.3, 0.4) is 0 Å². The first kappa shape index (κ1) is 34.6. The molecule has 0 saturated heterocycles. The van der Waals surface area contributed by atoms with Crippen LogP contribution in [0, 0.1) is 13.8 Å². The van der Waals surface area contributed by atoms with E-state index in [0.29, 0.717) is 0 Å². The molecule has 3 heteroatoms. The van der Waals surface area contributed by atoms with E-state index in [-0.39, 0.29) is 35.6 Å². The number of allylic oxidation sites excluding steroid dienone is 4. The van der Waals surface area contributed by atoms with Gasteiger partial charge in [0.15, 0.2) is 0 Å². The van der Waals surface area contributed by atoms with Gasteiger partial charge >= 0.3 is 263 Å². The monoisotopic (exact) mass is 698 g/mol. The number of hydrogen-bond donors (Lipinski definition) is 0. The number of halogens is 2. The summed E-state index contributed by atoms with van der Waals surface area (Å²) in [6.45, 7) is 18.5. The summed E-state index contributed by atoms with van der Waals surface area (Å²) in [7, 11) is 0. The van der Waals surface area contributed by atoms with Crippen LogP contribution in [-0.4, -0.2) is 3.21 Å². The van der Waals surface area contributed by atoms with E-state index < -0.39 is 21.3 Å². The molecule has 228 valence electrons. The van der Waals surface area contributed by atoms with Gasteiger partial charge in [-0.1, -0.05) is 0 Å². The Labute approximate surface area is 285 Å². The molecular formula is C41H46Cl2Zr. The van der Waals surface area contributed by atoms with Crippen molar-refractivity contribution >= 4 is 31.3 Å². The summed E-state index contributed by atoms with van der Waals surface area (Å²) in [5, 5.41) is 0. The Kier molecular flexibility index (Phi) is 10.4. The van der Waals surface area contributed by atoms with Gasteiger partial charge in [0.05, 0.1) is 0 Å². The molecule has 0 aliphatic heterocycles. The maximum atomic E-state index is 2.64. The Balaban J connectivity index is 0.00000221. The molecular weight excluding hydrogens is 655 g/mol. The minimum atomic E-state index is -2.69. The number of hydrogen-bond acceptors (Lipinski definition) is 0. The molecule has 4 aromatic rings. The molecule has 2 aliphatic rings. The van der Waals surface area contributed by atoms with Gasteiger partial charge in [-0.05, 0) is 0 Å². The van der Waals surface area contributed by atoms with Crippen LogP contribution >= 0.6 is 24.8 Å². The SMILES string of the molecule is Cc1ccc([C](c2ccc(C)cc2)=[Zr]([C]2=CC=CC2)[c]2cc(C(C)(C)C)cc3c2Cc2ccc(C(C)(C)C)cc2-3)cc1.Cl.Cl. The van der Waals surface area contributed by atoms with Crippen LogP contribution in [0.2, 0.25) is 0 Å². The summed E-state index contributed by atoms with van der Waals surface area (Å²) in [5.41, 5.74) is 14.5. The quantitative estimate of drug-likeness (QED) is 0.175. The van der Waals surface area contributed by atoms with Crippen molar-refractivity contribution < 1.29 is 21.3 Å². The van der Waals surface area contributed by atoms with Crippen LogP contribution in [0.15, 0.2) is 100 Å². The van der Waals surface area contributed by atoms with Crippen LogP contribution in [-0.2, 0) is 38.5 Å². The van der Waals surface area contributed by atoms with Gasteiger partial charge in [-0.2, -0.15) is 0 Å². The Morgan fingerprint density at radius 3 is 1.68 bits per heavy atom. The molecule has 6 rings (SSSR count). The van der Waals surface area contributed by atoms with Crippen LogP contribution in [0.1, 0.15) is 92.5 Å². The second kappa shape index (κ2) is 13.2. The van der Waals surface area contributed by atoms with E-state index in [1.165, 1.54) is 50.1 Å². The van der Waals surface area contributed by atoms with Gasteiger partial charge in [-0.15, -0.1) is 24.8 Å². The second-order valence-electron chi connectivity index (χ2n) is 14.4. The molecule has 0 radical (unpaired) electrons. The third kappa shape index (κ3) is 6.77. The predicted octanol–water partition coefficient (Wildman–Crippen LogP) is 10.7. The zero-order chi connectivity index (χ0) is 29.8. The fourth-order valence-electron chi connectivity index (χ4n) is 6.39. The fourth-order valence-corrected chi connectivity index (χ4v) is 14.4. The predicted molar refractivity (Wildman–Crippen MR) is 194 cm³/mol. The molecule has 0 atom stereocenters. The number of aryl methyl sites for hydroxylation is 2. The molecule has 0 N–H and O–H groups in total. The van der Waals surface area contributed by atoms with E-state index in [9.17, 15) is 0 Å². The third-order valence-electron chi connectivity index (χ3n) is 9.04. The normalized spacial score (nSPS) is 13.4. The van der Waals surface area contributed by atoms with E-state index in [1.807, 2.05) is 0 Å². The van der Waals surface area contributed by atoms with Crippen LogP contribution in [0.5, 0.6) is 0 Å². The van der Waals surface area contributed by atoms with Crippen molar-refractivity contribution in [3.05, 3.63) is 145 Å². The third-order valence-corrected chi connectivity index (χ3v) is 16.6. The van der Waals surface area contributed by atoms with Crippen LogP contribution in [0.25, 0.3) is 11.1 Å². The fraction of sp³-hybridized carbons (Fsp3) is 0.293. The molecule has 0 aromatic heterocycles. The molecule has 0 nitrogen and oxygen atoms in total. The van der Waals surface area contributed by atoms with Gasteiger partial charge in [0, 0.05) is 0 Å². The Morgan fingerprint density at radius 1 is 0.636 bits per heavy atom. The molecule has 0 bridgehead atoms. The second-order valence-corrected chi connectivity index (χ2v) is 20.4. The van der Waals surface area contributed by atoms with Crippen LogP contribution in [0.4, 0.5) is 0 Å². The minimum absolute atomic E-state index is 0. The molecule has 0 saturated carbocycles. The zero-order valence-electron chi connectivity index (χ0n) is 27.5. The van der Waals surface area contributed by atoms with E-state index >= 15 is 0 Å². The van der Waals surface area contributed by atoms with Crippen molar-refractivity contribution in [3.63, 3.8) is 0 Å². The summed E-state index contributed by atoms with van der Waals surface area (Å²) >= 11 is -2.69.